The first kappa shape index (κ1) is 14.5. The number of hydrogen-bond donors (Lipinski definition) is 2. The molecule has 0 aliphatic heterocycles. The molecule has 2 rings (SSSR count). The number of benzene rings is 2. The first-order valence-corrected chi connectivity index (χ1v) is 5.62. The van der Waals surface area contributed by atoms with Crippen LogP contribution in [-0.4, -0.2) is 10.2 Å². The number of hydrogen-bond acceptors (Lipinski definition) is 4. The lowest BCUT2D eigenvalue weighted by Gasteiger charge is -2.13. The number of nitriles is 1. The van der Waals surface area contributed by atoms with Gasteiger partial charge in [-0.3, -0.25) is 0 Å². The molecule has 108 valence electrons. The highest BCUT2D eigenvalue weighted by molar-refractivity contribution is 5.52. The molecule has 0 saturated carbocycles. The Hall–Kier alpha value is -2.88. The van der Waals surface area contributed by atoms with E-state index in [1.54, 1.807) is 0 Å². The fourth-order valence-corrected chi connectivity index (χ4v) is 1.72. The van der Waals surface area contributed by atoms with E-state index in [2.05, 4.69) is 0 Å². The van der Waals surface area contributed by atoms with Crippen LogP contribution in [0.4, 0.5) is 13.2 Å². The molecular formula is C14H8F3NO3. The number of alkyl halides is 3. The molecule has 0 aromatic heterocycles. The van der Waals surface area contributed by atoms with Gasteiger partial charge < -0.3 is 14.9 Å². The Kier molecular flexibility index (Phi) is 3.63. The van der Waals surface area contributed by atoms with Crippen LogP contribution in [0.15, 0.2) is 36.4 Å². The fraction of sp³-hybridized carbons (Fsp3) is 0.0714. The SMILES string of the molecule is N#Cc1c(Oc2cc(O)cc(O)c2)cccc1C(F)(F)F. The number of halogens is 3. The summed E-state index contributed by atoms with van der Waals surface area (Å²) in [7, 11) is 0. The summed E-state index contributed by atoms with van der Waals surface area (Å²) in [6, 6.07) is 7.74. The first-order valence-electron chi connectivity index (χ1n) is 5.62. The zero-order chi connectivity index (χ0) is 15.6. The van der Waals surface area contributed by atoms with Gasteiger partial charge in [-0.15, -0.1) is 0 Å². The molecule has 4 nitrogen and oxygen atoms in total. The maximum absolute atomic E-state index is 12.8. The van der Waals surface area contributed by atoms with Crippen LogP contribution in [0.25, 0.3) is 0 Å². The molecule has 0 atom stereocenters. The average molecular weight is 295 g/mol. The molecule has 7 heteroatoms. The van der Waals surface area contributed by atoms with Crippen LogP contribution in [0.3, 0.4) is 0 Å². The Morgan fingerprint density at radius 2 is 1.67 bits per heavy atom. The highest BCUT2D eigenvalue weighted by atomic mass is 19.4. The van der Waals surface area contributed by atoms with Crippen LogP contribution in [0.1, 0.15) is 11.1 Å². The van der Waals surface area contributed by atoms with Crippen molar-refractivity contribution >= 4 is 0 Å². The Morgan fingerprint density at radius 3 is 2.19 bits per heavy atom. The van der Waals surface area contributed by atoms with Crippen molar-refractivity contribution in [3.05, 3.63) is 47.5 Å². The summed E-state index contributed by atoms with van der Waals surface area (Å²) in [5, 5.41) is 27.5. The predicted molar refractivity (Wildman–Crippen MR) is 66.0 cm³/mol. The normalized spacial score (nSPS) is 11.0. The number of phenolic OH excluding ortho intramolecular Hbond substituents is 2. The summed E-state index contributed by atoms with van der Waals surface area (Å²) in [6.45, 7) is 0. The van der Waals surface area contributed by atoms with Crippen LogP contribution in [0.5, 0.6) is 23.0 Å². The Bertz CT molecular complexity index is 700. The monoisotopic (exact) mass is 295 g/mol. The minimum absolute atomic E-state index is 0.0941. The molecular weight excluding hydrogens is 287 g/mol. The third-order valence-corrected chi connectivity index (χ3v) is 2.55. The summed E-state index contributed by atoms with van der Waals surface area (Å²) in [6.07, 6.45) is -4.69. The second-order valence-corrected chi connectivity index (χ2v) is 4.08. The van der Waals surface area contributed by atoms with E-state index in [1.165, 1.54) is 12.1 Å². The second-order valence-electron chi connectivity index (χ2n) is 4.08. The maximum atomic E-state index is 12.8. The Morgan fingerprint density at radius 1 is 1.05 bits per heavy atom. The fourth-order valence-electron chi connectivity index (χ4n) is 1.72. The van der Waals surface area contributed by atoms with E-state index >= 15 is 0 Å². The molecule has 2 N–H and O–H groups in total. The lowest BCUT2D eigenvalue weighted by atomic mass is 10.1. The van der Waals surface area contributed by atoms with Crippen molar-refractivity contribution in [2.24, 2.45) is 0 Å². The van der Waals surface area contributed by atoms with E-state index in [4.69, 9.17) is 10.00 Å². The zero-order valence-electron chi connectivity index (χ0n) is 10.3. The number of nitrogens with zero attached hydrogens (tertiary/aromatic N) is 1. The number of phenols is 2. The summed E-state index contributed by atoms with van der Waals surface area (Å²) in [5.74, 6) is -1.06. The molecule has 0 radical (unpaired) electrons. The molecule has 0 amide bonds. The Balaban J connectivity index is 2.48. The van der Waals surface area contributed by atoms with Crippen LogP contribution in [0.2, 0.25) is 0 Å². The summed E-state index contributed by atoms with van der Waals surface area (Å²) < 4.78 is 43.5. The van der Waals surface area contributed by atoms with E-state index in [0.29, 0.717) is 0 Å². The van der Waals surface area contributed by atoms with Gasteiger partial charge in [0.2, 0.25) is 0 Å². The summed E-state index contributed by atoms with van der Waals surface area (Å²) in [5.41, 5.74) is -1.79. The number of ether oxygens (including phenoxy) is 1. The van der Waals surface area contributed by atoms with Crippen molar-refractivity contribution in [2.45, 2.75) is 6.18 Å². The van der Waals surface area contributed by atoms with Gasteiger partial charge in [0, 0.05) is 18.2 Å². The quantitative estimate of drug-likeness (QED) is 0.884. The van der Waals surface area contributed by atoms with Crippen molar-refractivity contribution in [3.63, 3.8) is 0 Å². The van der Waals surface area contributed by atoms with Crippen LogP contribution >= 0.6 is 0 Å². The smallest absolute Gasteiger partial charge is 0.417 e. The first-order chi connectivity index (χ1) is 9.81. The van der Waals surface area contributed by atoms with Crippen molar-refractivity contribution in [2.75, 3.05) is 0 Å². The average Bonchev–Trinajstić information content (AvgIpc) is 2.36. The molecule has 0 aliphatic rings. The maximum Gasteiger partial charge on any atom is 0.417 e. The second kappa shape index (κ2) is 5.25. The van der Waals surface area contributed by atoms with Gasteiger partial charge in [-0.05, 0) is 12.1 Å². The standard InChI is InChI=1S/C14H8F3NO3/c15-14(16,17)12-2-1-3-13(11(12)7-18)21-10-5-8(19)4-9(20)6-10/h1-6,19-20H. The van der Waals surface area contributed by atoms with Crippen molar-refractivity contribution in [3.8, 4) is 29.1 Å². The van der Waals surface area contributed by atoms with Crippen LogP contribution in [0, 0.1) is 11.3 Å². The van der Waals surface area contributed by atoms with Gasteiger partial charge in [-0.25, -0.2) is 0 Å². The zero-order valence-corrected chi connectivity index (χ0v) is 10.3. The van der Waals surface area contributed by atoms with Crippen molar-refractivity contribution in [1.82, 2.24) is 0 Å². The lowest BCUT2D eigenvalue weighted by molar-refractivity contribution is -0.137. The summed E-state index contributed by atoms with van der Waals surface area (Å²) >= 11 is 0. The number of aromatic hydroxyl groups is 2. The number of rotatable bonds is 2. The largest absolute Gasteiger partial charge is 0.508 e. The van der Waals surface area contributed by atoms with Crippen molar-refractivity contribution in [1.29, 1.82) is 5.26 Å². The van der Waals surface area contributed by atoms with E-state index in [0.717, 1.165) is 30.3 Å². The lowest BCUT2D eigenvalue weighted by Crippen LogP contribution is -2.08. The van der Waals surface area contributed by atoms with E-state index in [9.17, 15) is 23.4 Å². The van der Waals surface area contributed by atoms with E-state index in [1.807, 2.05) is 0 Å². The van der Waals surface area contributed by atoms with Gasteiger partial charge in [0.1, 0.15) is 34.6 Å². The van der Waals surface area contributed by atoms with E-state index in [-0.39, 0.29) is 23.0 Å². The predicted octanol–water partition coefficient (Wildman–Crippen LogP) is 3.78. The third-order valence-electron chi connectivity index (χ3n) is 2.55. The van der Waals surface area contributed by atoms with Gasteiger partial charge in [0.05, 0.1) is 5.56 Å². The molecule has 2 aromatic rings. The highest BCUT2D eigenvalue weighted by Gasteiger charge is 2.35. The minimum atomic E-state index is -4.69. The van der Waals surface area contributed by atoms with Gasteiger partial charge in [0.25, 0.3) is 0 Å². The molecule has 0 unspecified atom stereocenters. The summed E-state index contributed by atoms with van der Waals surface area (Å²) in [4.78, 5) is 0. The Labute approximate surface area is 117 Å². The molecule has 21 heavy (non-hydrogen) atoms. The van der Waals surface area contributed by atoms with Gasteiger partial charge in [-0.1, -0.05) is 6.07 Å². The minimum Gasteiger partial charge on any atom is -0.508 e. The molecule has 0 aliphatic carbocycles. The van der Waals surface area contributed by atoms with Gasteiger partial charge in [-0.2, -0.15) is 18.4 Å². The molecule has 0 saturated heterocycles. The van der Waals surface area contributed by atoms with Crippen LogP contribution < -0.4 is 4.74 Å². The van der Waals surface area contributed by atoms with E-state index < -0.39 is 17.3 Å². The molecule has 2 aromatic carbocycles. The van der Waals surface area contributed by atoms with Crippen molar-refractivity contribution < 1.29 is 28.1 Å². The topological polar surface area (TPSA) is 73.5 Å². The molecule has 0 spiro atoms. The molecule has 0 fully saturated rings. The molecule has 0 bridgehead atoms. The van der Waals surface area contributed by atoms with Crippen LogP contribution in [-0.2, 0) is 6.18 Å². The van der Waals surface area contributed by atoms with Gasteiger partial charge in [0.15, 0.2) is 0 Å². The highest BCUT2D eigenvalue weighted by Crippen LogP contribution is 2.38. The third kappa shape index (κ3) is 3.17. The molecule has 0 heterocycles. The van der Waals surface area contributed by atoms with Gasteiger partial charge >= 0.3 is 6.18 Å².